The molecule has 0 bridgehead atoms. The maximum absolute atomic E-state index is 9.19. The summed E-state index contributed by atoms with van der Waals surface area (Å²) < 4.78 is 0. The van der Waals surface area contributed by atoms with E-state index in [1.165, 1.54) is 19.3 Å². The van der Waals surface area contributed by atoms with Crippen LogP contribution in [0.4, 0.5) is 0 Å². The molecule has 0 aliphatic carbocycles. The molecule has 0 aromatic rings. The molecular weight excluding hydrogens is 174 g/mol. The molecule has 2 atom stereocenters. The minimum atomic E-state index is 0.259. The highest BCUT2D eigenvalue weighted by Crippen LogP contribution is 2.07. The van der Waals surface area contributed by atoms with Crippen LogP contribution in [0.25, 0.3) is 0 Å². The second kappa shape index (κ2) is 8.25. The van der Waals surface area contributed by atoms with Crippen molar-refractivity contribution < 1.29 is 5.11 Å². The molecule has 0 heterocycles. The lowest BCUT2D eigenvalue weighted by Crippen LogP contribution is -2.39. The number of nitrogens with one attached hydrogen (secondary N) is 1. The lowest BCUT2D eigenvalue weighted by atomic mass is 10.0. The standard InChI is InChI=1S/C12H27NO/c1-5-6-7-11(4)13-12(9-14)8-10(2)3/h10-14H,5-9H2,1-4H3/t11?,12-/m0/s1. The van der Waals surface area contributed by atoms with Crippen molar-refractivity contribution in [3.05, 3.63) is 0 Å². The first-order chi connectivity index (χ1) is 6.60. The third kappa shape index (κ3) is 7.34. The van der Waals surface area contributed by atoms with E-state index in [1.807, 2.05) is 0 Å². The third-order valence-corrected chi connectivity index (χ3v) is 2.49. The second-order valence-electron chi connectivity index (χ2n) is 4.72. The Morgan fingerprint density at radius 3 is 2.29 bits per heavy atom. The van der Waals surface area contributed by atoms with Gasteiger partial charge in [-0.05, 0) is 25.7 Å². The van der Waals surface area contributed by atoms with Gasteiger partial charge < -0.3 is 10.4 Å². The average Bonchev–Trinajstić information content (AvgIpc) is 2.12. The normalized spacial score (nSPS) is 15.9. The lowest BCUT2D eigenvalue weighted by molar-refractivity contribution is 0.212. The van der Waals surface area contributed by atoms with Gasteiger partial charge in [0.2, 0.25) is 0 Å². The molecule has 0 rings (SSSR count). The molecule has 2 heteroatoms. The Morgan fingerprint density at radius 1 is 1.21 bits per heavy atom. The molecule has 0 fully saturated rings. The quantitative estimate of drug-likeness (QED) is 0.632. The molecule has 86 valence electrons. The van der Waals surface area contributed by atoms with Gasteiger partial charge >= 0.3 is 0 Å². The number of rotatable bonds is 8. The highest BCUT2D eigenvalue weighted by molar-refractivity contribution is 4.71. The van der Waals surface area contributed by atoms with Gasteiger partial charge in [0.05, 0.1) is 6.61 Å². The molecule has 0 amide bonds. The molecule has 0 aliphatic heterocycles. The van der Waals surface area contributed by atoms with Gasteiger partial charge in [0.25, 0.3) is 0 Å². The molecule has 0 saturated carbocycles. The Hall–Kier alpha value is -0.0800. The molecule has 1 unspecified atom stereocenters. The Balaban J connectivity index is 3.68. The summed E-state index contributed by atoms with van der Waals surface area (Å²) in [6.07, 6.45) is 4.80. The molecule has 2 N–H and O–H groups in total. The van der Waals surface area contributed by atoms with Crippen LogP contribution in [0.5, 0.6) is 0 Å². The lowest BCUT2D eigenvalue weighted by Gasteiger charge is -2.23. The van der Waals surface area contributed by atoms with E-state index >= 15 is 0 Å². The monoisotopic (exact) mass is 201 g/mol. The summed E-state index contributed by atoms with van der Waals surface area (Å²) in [5.74, 6) is 0.651. The van der Waals surface area contributed by atoms with Crippen LogP contribution in [0.15, 0.2) is 0 Å². The number of hydrogen-bond acceptors (Lipinski definition) is 2. The van der Waals surface area contributed by atoms with Gasteiger partial charge in [0.15, 0.2) is 0 Å². The molecule has 0 radical (unpaired) electrons. The van der Waals surface area contributed by atoms with Gasteiger partial charge in [0, 0.05) is 12.1 Å². The first-order valence-corrected chi connectivity index (χ1v) is 5.97. The second-order valence-corrected chi connectivity index (χ2v) is 4.72. The van der Waals surface area contributed by atoms with Crippen LogP contribution in [0, 0.1) is 5.92 Å². The fraction of sp³-hybridized carbons (Fsp3) is 1.00. The Morgan fingerprint density at radius 2 is 1.86 bits per heavy atom. The Labute approximate surface area is 89.1 Å². The van der Waals surface area contributed by atoms with Crippen molar-refractivity contribution in [3.63, 3.8) is 0 Å². The van der Waals surface area contributed by atoms with Crippen molar-refractivity contribution in [1.82, 2.24) is 5.32 Å². The van der Waals surface area contributed by atoms with Crippen LogP contribution in [0.2, 0.25) is 0 Å². The van der Waals surface area contributed by atoms with Crippen LogP contribution < -0.4 is 5.32 Å². The van der Waals surface area contributed by atoms with E-state index in [2.05, 4.69) is 33.0 Å². The summed E-state index contributed by atoms with van der Waals surface area (Å²) in [5.41, 5.74) is 0. The highest BCUT2D eigenvalue weighted by atomic mass is 16.3. The zero-order valence-corrected chi connectivity index (χ0v) is 10.2. The van der Waals surface area contributed by atoms with Gasteiger partial charge in [-0.3, -0.25) is 0 Å². The van der Waals surface area contributed by atoms with Gasteiger partial charge in [-0.15, -0.1) is 0 Å². The number of aliphatic hydroxyl groups excluding tert-OH is 1. The van der Waals surface area contributed by atoms with Crippen molar-refractivity contribution in [2.45, 2.75) is 65.5 Å². The SMILES string of the molecule is CCCCC(C)N[C@H](CO)CC(C)C. The van der Waals surface area contributed by atoms with Gasteiger partial charge in [-0.2, -0.15) is 0 Å². The van der Waals surface area contributed by atoms with Crippen LogP contribution in [-0.2, 0) is 0 Å². The predicted octanol–water partition coefficient (Wildman–Crippen LogP) is 2.56. The van der Waals surface area contributed by atoms with Crippen LogP contribution in [0.1, 0.15) is 53.4 Å². The summed E-state index contributed by atoms with van der Waals surface area (Å²) in [6, 6.07) is 0.813. The summed E-state index contributed by atoms with van der Waals surface area (Å²) >= 11 is 0. The zero-order chi connectivity index (χ0) is 11.0. The van der Waals surface area contributed by atoms with Crippen molar-refractivity contribution in [1.29, 1.82) is 0 Å². The van der Waals surface area contributed by atoms with E-state index in [-0.39, 0.29) is 12.6 Å². The van der Waals surface area contributed by atoms with E-state index in [4.69, 9.17) is 0 Å². The van der Waals surface area contributed by atoms with E-state index in [1.54, 1.807) is 0 Å². The fourth-order valence-corrected chi connectivity index (χ4v) is 1.76. The Bertz CT molecular complexity index is 125. The topological polar surface area (TPSA) is 32.3 Å². The predicted molar refractivity (Wildman–Crippen MR) is 62.5 cm³/mol. The van der Waals surface area contributed by atoms with Gasteiger partial charge in [-0.1, -0.05) is 33.6 Å². The number of hydrogen-bond donors (Lipinski definition) is 2. The summed E-state index contributed by atoms with van der Waals surface area (Å²) in [5, 5.41) is 12.7. The van der Waals surface area contributed by atoms with Crippen molar-refractivity contribution in [3.8, 4) is 0 Å². The van der Waals surface area contributed by atoms with E-state index < -0.39 is 0 Å². The molecule has 2 nitrogen and oxygen atoms in total. The van der Waals surface area contributed by atoms with E-state index in [0.29, 0.717) is 12.0 Å². The molecule has 0 spiro atoms. The van der Waals surface area contributed by atoms with E-state index in [0.717, 1.165) is 6.42 Å². The van der Waals surface area contributed by atoms with Crippen molar-refractivity contribution in [2.24, 2.45) is 5.92 Å². The molecular formula is C12H27NO. The zero-order valence-electron chi connectivity index (χ0n) is 10.2. The average molecular weight is 201 g/mol. The number of aliphatic hydroxyl groups is 1. The largest absolute Gasteiger partial charge is 0.395 e. The summed E-state index contributed by atoms with van der Waals surface area (Å²) in [4.78, 5) is 0. The summed E-state index contributed by atoms with van der Waals surface area (Å²) in [7, 11) is 0. The third-order valence-electron chi connectivity index (χ3n) is 2.49. The first-order valence-electron chi connectivity index (χ1n) is 5.97. The smallest absolute Gasteiger partial charge is 0.0584 e. The maximum Gasteiger partial charge on any atom is 0.0584 e. The van der Waals surface area contributed by atoms with Crippen molar-refractivity contribution in [2.75, 3.05) is 6.61 Å². The van der Waals surface area contributed by atoms with Gasteiger partial charge in [0.1, 0.15) is 0 Å². The summed E-state index contributed by atoms with van der Waals surface area (Å²) in [6.45, 7) is 9.07. The van der Waals surface area contributed by atoms with Crippen molar-refractivity contribution >= 4 is 0 Å². The minimum Gasteiger partial charge on any atom is -0.395 e. The molecule has 0 aromatic carbocycles. The number of unbranched alkanes of at least 4 members (excludes halogenated alkanes) is 1. The van der Waals surface area contributed by atoms with Gasteiger partial charge in [-0.25, -0.2) is 0 Å². The molecule has 14 heavy (non-hydrogen) atoms. The van der Waals surface area contributed by atoms with Crippen LogP contribution in [0.3, 0.4) is 0 Å². The van der Waals surface area contributed by atoms with Crippen LogP contribution >= 0.6 is 0 Å². The molecule has 0 aromatic heterocycles. The molecule has 0 saturated heterocycles. The Kier molecular flexibility index (Phi) is 8.20. The molecule has 0 aliphatic rings. The minimum absolute atomic E-state index is 0.259. The van der Waals surface area contributed by atoms with E-state index in [9.17, 15) is 5.11 Å². The first kappa shape index (κ1) is 13.9. The highest BCUT2D eigenvalue weighted by Gasteiger charge is 2.12. The van der Waals surface area contributed by atoms with Crippen LogP contribution in [-0.4, -0.2) is 23.8 Å². The maximum atomic E-state index is 9.19. The fourth-order valence-electron chi connectivity index (χ4n) is 1.76.